The summed E-state index contributed by atoms with van der Waals surface area (Å²) in [6.45, 7) is -0.377. The molecule has 1 heterocycles. The molecule has 4 aromatic carbocycles. The van der Waals surface area contributed by atoms with Gasteiger partial charge < -0.3 is 25.2 Å². The van der Waals surface area contributed by atoms with Crippen LogP contribution in [0.3, 0.4) is 0 Å². The van der Waals surface area contributed by atoms with Crippen LogP contribution in [0.2, 0.25) is 0 Å². The number of anilines is 1. The van der Waals surface area contributed by atoms with Crippen LogP contribution in [0.1, 0.15) is 47.7 Å². The molecule has 0 spiro atoms. The average Bonchev–Trinajstić information content (AvgIpc) is 3.02. The highest BCUT2D eigenvalue weighted by Crippen LogP contribution is 2.46. The van der Waals surface area contributed by atoms with Gasteiger partial charge in [-0.3, -0.25) is 9.59 Å². The fourth-order valence-electron chi connectivity index (χ4n) is 5.32. The van der Waals surface area contributed by atoms with E-state index in [2.05, 4.69) is 5.32 Å². The topological polar surface area (TPSA) is 116 Å². The van der Waals surface area contributed by atoms with Gasteiger partial charge in [0.1, 0.15) is 11.6 Å². The Kier molecular flexibility index (Phi) is 9.12. The van der Waals surface area contributed by atoms with Gasteiger partial charge in [0.15, 0.2) is 12.6 Å². The predicted molar refractivity (Wildman–Crippen MR) is 158 cm³/mol. The number of β-lactam (4-membered cyclic amide) rings is 1. The fraction of sp³-hybridized carbons (Fsp3) is 0.206. The maximum absolute atomic E-state index is 13.3. The third kappa shape index (κ3) is 6.90. The second-order valence-corrected chi connectivity index (χ2v) is 10.3. The van der Waals surface area contributed by atoms with Crippen LogP contribution in [0.25, 0.3) is 0 Å². The summed E-state index contributed by atoms with van der Waals surface area (Å²) in [5, 5.41) is 22.7. The Balaban J connectivity index is 1.25. The molecule has 2 amide bonds. The van der Waals surface area contributed by atoms with E-state index in [4.69, 9.17) is 4.74 Å². The maximum Gasteiger partial charge on any atom is 0.330 e. The molecule has 3 N–H and O–H groups in total. The van der Waals surface area contributed by atoms with Gasteiger partial charge in [-0.05, 0) is 65.9 Å². The quantitative estimate of drug-likeness (QED) is 0.194. The molecular formula is C34H31FN2O6. The number of aliphatic carboxylic acids is 1. The van der Waals surface area contributed by atoms with E-state index in [-0.39, 0.29) is 30.3 Å². The van der Waals surface area contributed by atoms with Gasteiger partial charge in [-0.1, -0.05) is 72.8 Å². The lowest BCUT2D eigenvalue weighted by molar-refractivity contribution is -0.142. The van der Waals surface area contributed by atoms with Gasteiger partial charge in [0.05, 0.1) is 18.1 Å². The minimum Gasteiger partial charge on any atom is -0.484 e. The van der Waals surface area contributed by atoms with E-state index in [1.54, 1.807) is 59.5 Å². The number of carbonyl (C=O) groups is 3. The van der Waals surface area contributed by atoms with Crippen LogP contribution < -0.4 is 15.0 Å². The molecule has 5 rings (SSSR count). The molecular weight excluding hydrogens is 551 g/mol. The number of ether oxygens (including phenoxy) is 1. The zero-order chi connectivity index (χ0) is 30.3. The highest BCUT2D eigenvalue weighted by Gasteiger charge is 2.48. The zero-order valence-electron chi connectivity index (χ0n) is 23.2. The van der Waals surface area contributed by atoms with Crippen molar-refractivity contribution in [2.24, 2.45) is 5.92 Å². The van der Waals surface area contributed by atoms with Crippen LogP contribution in [0.15, 0.2) is 109 Å². The third-order valence-corrected chi connectivity index (χ3v) is 7.53. The number of hydrogen-bond acceptors (Lipinski definition) is 5. The molecule has 0 aliphatic carbocycles. The summed E-state index contributed by atoms with van der Waals surface area (Å²) in [5.41, 5.74) is 2.66. The Morgan fingerprint density at radius 2 is 1.49 bits per heavy atom. The molecule has 3 unspecified atom stereocenters. The molecule has 4 aromatic rings. The third-order valence-electron chi connectivity index (χ3n) is 7.53. The minimum atomic E-state index is -1.20. The fourth-order valence-corrected chi connectivity index (χ4v) is 5.32. The average molecular weight is 583 g/mol. The van der Waals surface area contributed by atoms with Gasteiger partial charge in [0.25, 0.3) is 5.91 Å². The minimum absolute atomic E-state index is 0.0501. The number of carboxylic acid groups (broad SMARTS) is 1. The highest BCUT2D eigenvalue weighted by atomic mass is 19.1. The normalized spacial score (nSPS) is 17.4. The van der Waals surface area contributed by atoms with Crippen LogP contribution in [0.4, 0.5) is 10.1 Å². The summed E-state index contributed by atoms with van der Waals surface area (Å²) in [6, 6.07) is 29.0. The standard InChI is InChI=1S/C34H31FN2O6/c35-25-15-11-22(12-16-25)29(38)20-19-28-32(37(33(28)40)26-9-5-2-6-10-26)24-13-17-27(18-14-24)43-21-30(39)36-31(34(41)42)23-7-3-1-4-8-23/h1-18,28-29,31-32,38H,19-21H2,(H,36,39)(H,41,42)/t28?,29?,31-,32?/m1/s1. The summed E-state index contributed by atoms with van der Waals surface area (Å²) >= 11 is 0. The lowest BCUT2D eigenvalue weighted by atomic mass is 9.78. The number of rotatable bonds is 12. The first kappa shape index (κ1) is 29.5. The van der Waals surface area contributed by atoms with Gasteiger partial charge >= 0.3 is 5.97 Å². The molecule has 0 radical (unpaired) electrons. The maximum atomic E-state index is 13.3. The first-order valence-electron chi connectivity index (χ1n) is 13.9. The van der Waals surface area contributed by atoms with Crippen molar-refractivity contribution >= 4 is 23.5 Å². The van der Waals surface area contributed by atoms with E-state index in [0.29, 0.717) is 29.7 Å². The number of para-hydroxylation sites is 1. The van der Waals surface area contributed by atoms with Gasteiger partial charge in [-0.15, -0.1) is 0 Å². The number of aliphatic hydroxyl groups excluding tert-OH is 1. The van der Waals surface area contributed by atoms with Gasteiger partial charge in [0, 0.05) is 5.69 Å². The van der Waals surface area contributed by atoms with E-state index < -0.39 is 24.0 Å². The second kappa shape index (κ2) is 13.3. The monoisotopic (exact) mass is 582 g/mol. The number of benzene rings is 4. The van der Waals surface area contributed by atoms with Gasteiger partial charge in [0.2, 0.25) is 5.91 Å². The number of carbonyl (C=O) groups excluding carboxylic acids is 2. The van der Waals surface area contributed by atoms with Crippen molar-refractivity contribution < 1.29 is 33.7 Å². The summed E-state index contributed by atoms with van der Waals surface area (Å²) < 4.78 is 18.9. The summed E-state index contributed by atoms with van der Waals surface area (Å²) in [5.74, 6) is -2.16. The Hall–Kier alpha value is -5.02. The number of aliphatic hydroxyl groups is 1. The van der Waals surface area contributed by atoms with Crippen LogP contribution >= 0.6 is 0 Å². The van der Waals surface area contributed by atoms with E-state index >= 15 is 0 Å². The van der Waals surface area contributed by atoms with Crippen molar-refractivity contribution in [2.45, 2.75) is 31.0 Å². The molecule has 1 fully saturated rings. The first-order valence-corrected chi connectivity index (χ1v) is 13.9. The number of halogens is 1. The van der Waals surface area contributed by atoms with Crippen molar-refractivity contribution in [3.05, 3.63) is 132 Å². The van der Waals surface area contributed by atoms with E-state index in [1.165, 1.54) is 12.1 Å². The van der Waals surface area contributed by atoms with Crippen molar-refractivity contribution in [3.8, 4) is 5.75 Å². The lowest BCUT2D eigenvalue weighted by Crippen LogP contribution is -2.55. The molecule has 1 aliphatic heterocycles. The van der Waals surface area contributed by atoms with Crippen LogP contribution in [-0.2, 0) is 14.4 Å². The Morgan fingerprint density at radius 3 is 2.12 bits per heavy atom. The molecule has 43 heavy (non-hydrogen) atoms. The summed E-state index contributed by atoms with van der Waals surface area (Å²) in [4.78, 5) is 39.2. The molecule has 1 saturated heterocycles. The van der Waals surface area contributed by atoms with Crippen LogP contribution in [-0.4, -0.2) is 34.6 Å². The van der Waals surface area contributed by atoms with E-state index in [1.807, 2.05) is 42.5 Å². The number of nitrogens with one attached hydrogen (secondary N) is 1. The van der Waals surface area contributed by atoms with Crippen molar-refractivity contribution in [1.29, 1.82) is 0 Å². The van der Waals surface area contributed by atoms with Gasteiger partial charge in [-0.2, -0.15) is 0 Å². The molecule has 220 valence electrons. The van der Waals surface area contributed by atoms with Crippen molar-refractivity contribution in [2.75, 3.05) is 11.5 Å². The predicted octanol–water partition coefficient (Wildman–Crippen LogP) is 5.36. The number of nitrogens with zero attached hydrogens (tertiary/aromatic N) is 1. The molecule has 4 atom stereocenters. The lowest BCUT2D eigenvalue weighted by Gasteiger charge is -2.48. The summed E-state index contributed by atoms with van der Waals surface area (Å²) in [7, 11) is 0. The molecule has 0 bridgehead atoms. The second-order valence-electron chi connectivity index (χ2n) is 10.3. The number of hydrogen-bond donors (Lipinski definition) is 3. The van der Waals surface area contributed by atoms with Crippen molar-refractivity contribution in [1.82, 2.24) is 5.32 Å². The van der Waals surface area contributed by atoms with Crippen molar-refractivity contribution in [3.63, 3.8) is 0 Å². The zero-order valence-corrected chi connectivity index (χ0v) is 23.2. The SMILES string of the molecule is O=C(COc1ccc(C2C(CCC(O)c3ccc(F)cc3)C(=O)N2c2ccccc2)cc1)N[C@@H](C(=O)O)c1ccccc1. The largest absolute Gasteiger partial charge is 0.484 e. The molecule has 9 heteroatoms. The molecule has 0 saturated carbocycles. The number of carboxylic acids is 1. The van der Waals surface area contributed by atoms with Crippen LogP contribution in [0, 0.1) is 11.7 Å². The molecule has 8 nitrogen and oxygen atoms in total. The van der Waals surface area contributed by atoms with Gasteiger partial charge in [-0.25, -0.2) is 9.18 Å². The highest BCUT2D eigenvalue weighted by molar-refractivity contribution is 6.03. The first-order chi connectivity index (χ1) is 20.8. The molecule has 0 aromatic heterocycles. The number of amides is 2. The van der Waals surface area contributed by atoms with E-state index in [0.717, 1.165) is 11.3 Å². The Morgan fingerprint density at radius 1 is 0.860 bits per heavy atom. The Bertz CT molecular complexity index is 1550. The summed E-state index contributed by atoms with van der Waals surface area (Å²) in [6.07, 6.45) is -0.0716. The van der Waals surface area contributed by atoms with Crippen LogP contribution in [0.5, 0.6) is 5.75 Å². The van der Waals surface area contributed by atoms with E-state index in [9.17, 15) is 29.0 Å². The Labute approximate surface area is 248 Å². The smallest absolute Gasteiger partial charge is 0.330 e. The molecule has 1 aliphatic rings.